The average Bonchev–Trinajstić information content (AvgIpc) is 2.98. The van der Waals surface area contributed by atoms with Crippen molar-refractivity contribution < 1.29 is 9.59 Å². The van der Waals surface area contributed by atoms with Crippen LogP contribution in [0.4, 0.5) is 5.69 Å². The fourth-order valence-corrected chi connectivity index (χ4v) is 1.99. The fourth-order valence-electron chi connectivity index (χ4n) is 1.99. The average molecular weight is 202 g/mol. The molecule has 1 aliphatic carbocycles. The Balaban J connectivity index is 2.16. The molecule has 1 fully saturated rings. The predicted molar refractivity (Wildman–Crippen MR) is 54.4 cm³/mol. The van der Waals surface area contributed by atoms with E-state index in [4.69, 9.17) is 5.73 Å². The highest BCUT2D eigenvalue weighted by Gasteiger charge is 2.44. The summed E-state index contributed by atoms with van der Waals surface area (Å²) in [5, 5.41) is 0. The third-order valence-electron chi connectivity index (χ3n) is 2.89. The second-order valence-electron chi connectivity index (χ2n) is 3.98. The zero-order chi connectivity index (χ0) is 10.6. The first-order valence-electron chi connectivity index (χ1n) is 4.96. The van der Waals surface area contributed by atoms with Crippen molar-refractivity contribution in [3.05, 3.63) is 29.3 Å². The number of imide groups is 1. The van der Waals surface area contributed by atoms with Gasteiger partial charge in [0.15, 0.2) is 0 Å². The molecule has 2 aliphatic rings. The van der Waals surface area contributed by atoms with Crippen molar-refractivity contribution in [1.82, 2.24) is 4.90 Å². The van der Waals surface area contributed by atoms with Gasteiger partial charge in [-0.3, -0.25) is 14.5 Å². The molecule has 2 N–H and O–H groups in total. The normalized spacial score (nSPS) is 19.6. The van der Waals surface area contributed by atoms with Crippen LogP contribution in [-0.4, -0.2) is 22.8 Å². The molecule has 0 saturated heterocycles. The number of nitrogens with two attached hydrogens (primary N) is 1. The molecule has 76 valence electrons. The highest BCUT2D eigenvalue weighted by atomic mass is 16.2. The second-order valence-corrected chi connectivity index (χ2v) is 3.98. The third kappa shape index (κ3) is 1.02. The van der Waals surface area contributed by atoms with Crippen molar-refractivity contribution >= 4 is 17.5 Å². The largest absolute Gasteiger partial charge is 0.398 e. The lowest BCUT2D eigenvalue weighted by Crippen LogP contribution is -2.31. The zero-order valence-electron chi connectivity index (χ0n) is 8.06. The molecule has 1 saturated carbocycles. The van der Waals surface area contributed by atoms with Gasteiger partial charge in [-0.15, -0.1) is 0 Å². The summed E-state index contributed by atoms with van der Waals surface area (Å²) in [5.74, 6) is -0.416. The van der Waals surface area contributed by atoms with Gasteiger partial charge in [0.1, 0.15) is 0 Å². The topological polar surface area (TPSA) is 63.4 Å². The number of nitrogen functional groups attached to an aromatic ring is 1. The van der Waals surface area contributed by atoms with Crippen LogP contribution in [0.2, 0.25) is 0 Å². The highest BCUT2D eigenvalue weighted by Crippen LogP contribution is 2.36. The second kappa shape index (κ2) is 2.59. The molecule has 2 amide bonds. The molecule has 1 heterocycles. The number of amides is 2. The quantitative estimate of drug-likeness (QED) is 0.546. The first kappa shape index (κ1) is 8.47. The van der Waals surface area contributed by atoms with Crippen molar-refractivity contribution in [3.63, 3.8) is 0 Å². The zero-order valence-corrected chi connectivity index (χ0v) is 8.06. The molecule has 4 heteroatoms. The molecular weight excluding hydrogens is 192 g/mol. The molecule has 1 aromatic rings. The summed E-state index contributed by atoms with van der Waals surface area (Å²) in [6.07, 6.45) is 1.84. The summed E-state index contributed by atoms with van der Waals surface area (Å²) < 4.78 is 0. The van der Waals surface area contributed by atoms with Gasteiger partial charge in [0.05, 0.1) is 11.1 Å². The fraction of sp³-hybridized carbons (Fsp3) is 0.273. The summed E-state index contributed by atoms with van der Waals surface area (Å²) in [6.45, 7) is 0. The monoisotopic (exact) mass is 202 g/mol. The lowest BCUT2D eigenvalue weighted by atomic mass is 10.1. The number of carbonyl (C=O) groups excluding carboxylic acids is 2. The van der Waals surface area contributed by atoms with Crippen LogP contribution in [0.1, 0.15) is 33.6 Å². The number of carbonyl (C=O) groups is 2. The number of hydrogen-bond acceptors (Lipinski definition) is 3. The lowest BCUT2D eigenvalue weighted by Gasteiger charge is -2.11. The van der Waals surface area contributed by atoms with E-state index in [1.54, 1.807) is 18.2 Å². The van der Waals surface area contributed by atoms with Gasteiger partial charge in [-0.1, -0.05) is 6.07 Å². The smallest absolute Gasteiger partial charge is 0.263 e. The van der Waals surface area contributed by atoms with Gasteiger partial charge in [-0.25, -0.2) is 0 Å². The Labute approximate surface area is 86.7 Å². The van der Waals surface area contributed by atoms with Crippen LogP contribution in [0.3, 0.4) is 0 Å². The number of rotatable bonds is 1. The summed E-state index contributed by atoms with van der Waals surface area (Å²) in [4.78, 5) is 25.2. The summed E-state index contributed by atoms with van der Waals surface area (Å²) in [7, 11) is 0. The minimum absolute atomic E-state index is 0.108. The van der Waals surface area contributed by atoms with E-state index in [0.717, 1.165) is 12.8 Å². The Morgan fingerprint density at radius 3 is 2.53 bits per heavy atom. The molecule has 1 aromatic carbocycles. The molecular formula is C11H10N2O2. The number of benzene rings is 1. The molecule has 0 aromatic heterocycles. The van der Waals surface area contributed by atoms with E-state index in [0.29, 0.717) is 16.8 Å². The SMILES string of the molecule is Nc1cccc2c1C(=O)N(C1CC1)C2=O. The minimum Gasteiger partial charge on any atom is -0.398 e. The maximum absolute atomic E-state index is 11.9. The molecule has 15 heavy (non-hydrogen) atoms. The van der Waals surface area contributed by atoms with Gasteiger partial charge < -0.3 is 5.73 Å². The van der Waals surface area contributed by atoms with E-state index in [-0.39, 0.29) is 17.9 Å². The van der Waals surface area contributed by atoms with Crippen LogP contribution in [0, 0.1) is 0 Å². The van der Waals surface area contributed by atoms with Crippen molar-refractivity contribution in [2.24, 2.45) is 0 Å². The van der Waals surface area contributed by atoms with E-state index in [1.165, 1.54) is 4.90 Å². The lowest BCUT2D eigenvalue weighted by molar-refractivity contribution is 0.0643. The van der Waals surface area contributed by atoms with Gasteiger partial charge in [-0.2, -0.15) is 0 Å². The molecule has 0 unspecified atom stereocenters. The van der Waals surface area contributed by atoms with Crippen LogP contribution >= 0.6 is 0 Å². The van der Waals surface area contributed by atoms with Crippen LogP contribution < -0.4 is 5.73 Å². The van der Waals surface area contributed by atoms with Gasteiger partial charge >= 0.3 is 0 Å². The first-order valence-corrected chi connectivity index (χ1v) is 4.96. The van der Waals surface area contributed by atoms with E-state index in [2.05, 4.69) is 0 Å². The Hall–Kier alpha value is -1.84. The number of fused-ring (bicyclic) bond motifs is 1. The number of hydrogen-bond donors (Lipinski definition) is 1. The van der Waals surface area contributed by atoms with Crippen molar-refractivity contribution in [1.29, 1.82) is 0 Å². The molecule has 4 nitrogen and oxygen atoms in total. The summed E-state index contributed by atoms with van der Waals surface area (Å²) in [5.41, 5.74) is 6.94. The number of nitrogens with zero attached hydrogens (tertiary/aromatic N) is 1. The van der Waals surface area contributed by atoms with Gasteiger partial charge in [-0.05, 0) is 25.0 Å². The van der Waals surface area contributed by atoms with Crippen molar-refractivity contribution in [2.45, 2.75) is 18.9 Å². The maximum Gasteiger partial charge on any atom is 0.263 e. The molecule has 0 spiro atoms. The molecule has 1 aliphatic heterocycles. The van der Waals surface area contributed by atoms with E-state index in [1.807, 2.05) is 0 Å². The van der Waals surface area contributed by atoms with Crippen LogP contribution in [0.15, 0.2) is 18.2 Å². The van der Waals surface area contributed by atoms with Crippen molar-refractivity contribution in [3.8, 4) is 0 Å². The summed E-state index contributed by atoms with van der Waals surface area (Å²) >= 11 is 0. The van der Waals surface area contributed by atoms with E-state index in [9.17, 15) is 9.59 Å². The van der Waals surface area contributed by atoms with Gasteiger partial charge in [0, 0.05) is 11.7 Å². The molecule has 0 atom stereocenters. The standard InChI is InChI=1S/C11H10N2O2/c12-8-3-1-2-7-9(8)11(15)13(10(7)14)6-4-5-6/h1-3,6H,4-5,12H2. The highest BCUT2D eigenvalue weighted by molar-refractivity contribution is 6.23. The Bertz CT molecular complexity index is 477. The predicted octanol–water partition coefficient (Wildman–Crippen LogP) is 1.03. The Morgan fingerprint density at radius 2 is 1.93 bits per heavy atom. The van der Waals surface area contributed by atoms with Crippen LogP contribution in [-0.2, 0) is 0 Å². The van der Waals surface area contributed by atoms with Gasteiger partial charge in [0.25, 0.3) is 11.8 Å². The van der Waals surface area contributed by atoms with Crippen LogP contribution in [0.5, 0.6) is 0 Å². The minimum atomic E-state index is -0.226. The van der Waals surface area contributed by atoms with Crippen molar-refractivity contribution in [2.75, 3.05) is 5.73 Å². The number of anilines is 1. The molecule has 0 bridgehead atoms. The van der Waals surface area contributed by atoms with E-state index >= 15 is 0 Å². The van der Waals surface area contributed by atoms with Gasteiger partial charge in [0.2, 0.25) is 0 Å². The first-order chi connectivity index (χ1) is 7.20. The summed E-state index contributed by atoms with van der Waals surface area (Å²) in [6, 6.07) is 5.13. The Morgan fingerprint density at radius 1 is 1.20 bits per heavy atom. The van der Waals surface area contributed by atoms with Crippen LogP contribution in [0.25, 0.3) is 0 Å². The molecule has 0 radical (unpaired) electrons. The molecule has 3 rings (SSSR count). The maximum atomic E-state index is 11.9. The third-order valence-corrected chi connectivity index (χ3v) is 2.89. The Kier molecular flexibility index (Phi) is 1.46. The van der Waals surface area contributed by atoms with E-state index < -0.39 is 0 Å².